The number of nitrogens with one attached hydrogen (secondary N) is 2. The molecule has 7 nitrogen and oxygen atoms in total. The highest BCUT2D eigenvalue weighted by Crippen LogP contribution is 2.03. The quantitative estimate of drug-likeness (QED) is 0.519. The summed E-state index contributed by atoms with van der Waals surface area (Å²) in [5, 5.41) is 5.50. The van der Waals surface area contributed by atoms with Gasteiger partial charge in [-0.2, -0.15) is 0 Å². The topological polar surface area (TPSA) is 93.7 Å². The molecule has 0 saturated carbocycles. The highest BCUT2D eigenvalue weighted by Gasteiger charge is 2.18. The molecule has 0 aromatic rings. The molecule has 0 aliphatic heterocycles. The number of hydrogen-bond acceptors (Lipinski definition) is 5. The lowest BCUT2D eigenvalue weighted by atomic mass is 10.1. The highest BCUT2D eigenvalue weighted by molar-refractivity contribution is 5.91. The van der Waals surface area contributed by atoms with Crippen LogP contribution in [0.1, 0.15) is 27.7 Å². The van der Waals surface area contributed by atoms with Crippen molar-refractivity contribution in [2.45, 2.75) is 33.7 Å². The molecule has 0 fully saturated rings. The Hall–Kier alpha value is -2.05. The molecular formula is C15H26N2O5. The molecule has 0 bridgehead atoms. The fraction of sp³-hybridized carbons (Fsp3) is 0.667. The minimum Gasteiger partial charge on any atom is -0.466 e. The van der Waals surface area contributed by atoms with Crippen molar-refractivity contribution in [3.8, 4) is 0 Å². The third-order valence-corrected chi connectivity index (χ3v) is 2.75. The second kappa shape index (κ2) is 10.6. The van der Waals surface area contributed by atoms with Crippen molar-refractivity contribution >= 4 is 18.0 Å². The standard InChI is InChI=1S/C15H26N2O5/c1-10(2)8-16-15(20)17-12(11(3)4)9-22-14(19)7-6-13(18)21-5/h6-7,10-12H,8-9H2,1-5H3,(H2,16,17,20). The zero-order valence-corrected chi connectivity index (χ0v) is 13.8. The Balaban J connectivity index is 4.30. The maximum absolute atomic E-state index is 11.7. The van der Waals surface area contributed by atoms with E-state index in [1.54, 1.807) is 0 Å². The number of urea groups is 1. The van der Waals surface area contributed by atoms with Crippen molar-refractivity contribution in [2.75, 3.05) is 20.3 Å². The average molecular weight is 314 g/mol. The fourth-order valence-electron chi connectivity index (χ4n) is 1.34. The molecule has 0 aliphatic carbocycles. The molecule has 22 heavy (non-hydrogen) atoms. The molecule has 0 saturated heterocycles. The van der Waals surface area contributed by atoms with Gasteiger partial charge in [0, 0.05) is 18.7 Å². The zero-order chi connectivity index (χ0) is 17.1. The molecule has 126 valence electrons. The van der Waals surface area contributed by atoms with E-state index in [9.17, 15) is 14.4 Å². The Morgan fingerprint density at radius 1 is 1.05 bits per heavy atom. The van der Waals surface area contributed by atoms with Crippen molar-refractivity contribution in [1.29, 1.82) is 0 Å². The van der Waals surface area contributed by atoms with Gasteiger partial charge < -0.3 is 20.1 Å². The van der Waals surface area contributed by atoms with Crippen molar-refractivity contribution < 1.29 is 23.9 Å². The normalized spacial score (nSPS) is 12.3. The Labute approximate surface area is 131 Å². The Morgan fingerprint density at radius 3 is 2.14 bits per heavy atom. The van der Waals surface area contributed by atoms with Gasteiger partial charge in [-0.05, 0) is 11.8 Å². The van der Waals surface area contributed by atoms with Gasteiger partial charge in [0.25, 0.3) is 0 Å². The minimum absolute atomic E-state index is 0.0249. The lowest BCUT2D eigenvalue weighted by Gasteiger charge is -2.22. The molecular weight excluding hydrogens is 288 g/mol. The lowest BCUT2D eigenvalue weighted by Crippen LogP contribution is -2.47. The Bertz CT molecular complexity index is 405. The van der Waals surface area contributed by atoms with Crippen LogP contribution in [0.4, 0.5) is 4.79 Å². The maximum Gasteiger partial charge on any atom is 0.331 e. The van der Waals surface area contributed by atoms with Crippen LogP contribution in [-0.2, 0) is 19.1 Å². The number of hydrogen-bond donors (Lipinski definition) is 2. The van der Waals surface area contributed by atoms with Gasteiger partial charge in [0.2, 0.25) is 0 Å². The van der Waals surface area contributed by atoms with E-state index in [4.69, 9.17) is 4.74 Å². The van der Waals surface area contributed by atoms with E-state index >= 15 is 0 Å². The molecule has 2 N–H and O–H groups in total. The van der Waals surface area contributed by atoms with Crippen LogP contribution in [-0.4, -0.2) is 44.3 Å². The molecule has 0 radical (unpaired) electrons. The van der Waals surface area contributed by atoms with Crippen LogP contribution < -0.4 is 10.6 Å². The summed E-state index contributed by atoms with van der Waals surface area (Å²) in [6, 6.07) is -0.615. The summed E-state index contributed by atoms with van der Waals surface area (Å²) in [6.45, 7) is 8.40. The molecule has 0 aliphatic rings. The summed E-state index contributed by atoms with van der Waals surface area (Å²) in [6.07, 6.45) is 1.97. The van der Waals surface area contributed by atoms with Gasteiger partial charge in [0.15, 0.2) is 0 Å². The number of esters is 2. The van der Waals surface area contributed by atoms with Gasteiger partial charge in [-0.1, -0.05) is 27.7 Å². The van der Waals surface area contributed by atoms with Crippen LogP contribution in [0, 0.1) is 11.8 Å². The van der Waals surface area contributed by atoms with Crippen LogP contribution in [0.5, 0.6) is 0 Å². The third-order valence-electron chi connectivity index (χ3n) is 2.75. The molecule has 0 rings (SSSR count). The monoisotopic (exact) mass is 314 g/mol. The molecule has 0 spiro atoms. The van der Waals surface area contributed by atoms with Crippen molar-refractivity contribution in [1.82, 2.24) is 10.6 Å². The van der Waals surface area contributed by atoms with Crippen LogP contribution in [0.3, 0.4) is 0 Å². The molecule has 0 aromatic heterocycles. The number of ether oxygens (including phenoxy) is 2. The fourth-order valence-corrected chi connectivity index (χ4v) is 1.34. The molecule has 7 heteroatoms. The molecule has 0 heterocycles. The first-order valence-electron chi connectivity index (χ1n) is 7.23. The maximum atomic E-state index is 11.7. The number of rotatable bonds is 8. The van der Waals surface area contributed by atoms with Gasteiger partial charge in [0.1, 0.15) is 6.61 Å². The smallest absolute Gasteiger partial charge is 0.331 e. The summed E-state index contributed by atoms with van der Waals surface area (Å²) in [7, 11) is 1.21. The van der Waals surface area contributed by atoms with Crippen molar-refractivity contribution in [2.24, 2.45) is 11.8 Å². The highest BCUT2D eigenvalue weighted by atomic mass is 16.5. The summed E-state index contributed by atoms with van der Waals surface area (Å²) in [5.41, 5.74) is 0. The predicted octanol–water partition coefficient (Wildman–Crippen LogP) is 1.24. The van der Waals surface area contributed by atoms with Gasteiger partial charge in [-0.25, -0.2) is 14.4 Å². The van der Waals surface area contributed by atoms with E-state index < -0.39 is 11.9 Å². The SMILES string of the molecule is COC(=O)C=CC(=O)OCC(NC(=O)NCC(C)C)C(C)C. The second-order valence-electron chi connectivity index (χ2n) is 5.59. The van der Waals surface area contributed by atoms with Crippen molar-refractivity contribution in [3.63, 3.8) is 0 Å². The van der Waals surface area contributed by atoms with Crippen LogP contribution in [0.2, 0.25) is 0 Å². The number of carbonyl (C=O) groups excluding carboxylic acids is 3. The third kappa shape index (κ3) is 9.79. The van der Waals surface area contributed by atoms with E-state index in [-0.39, 0.29) is 24.6 Å². The summed E-state index contributed by atoms with van der Waals surface area (Å²) < 4.78 is 9.38. The van der Waals surface area contributed by atoms with Crippen LogP contribution >= 0.6 is 0 Å². The van der Waals surface area contributed by atoms with Gasteiger partial charge in [0.05, 0.1) is 13.2 Å². The molecule has 2 amide bonds. The largest absolute Gasteiger partial charge is 0.466 e. The predicted molar refractivity (Wildman–Crippen MR) is 82.1 cm³/mol. The van der Waals surface area contributed by atoms with E-state index in [0.29, 0.717) is 12.5 Å². The van der Waals surface area contributed by atoms with Gasteiger partial charge in [-0.15, -0.1) is 0 Å². The molecule has 1 unspecified atom stereocenters. The second-order valence-corrected chi connectivity index (χ2v) is 5.59. The summed E-state index contributed by atoms with van der Waals surface area (Å²) in [5.74, 6) is -0.865. The van der Waals surface area contributed by atoms with Gasteiger partial charge in [-0.3, -0.25) is 0 Å². The van der Waals surface area contributed by atoms with E-state index in [0.717, 1.165) is 12.2 Å². The number of methoxy groups -OCH3 is 1. The summed E-state index contributed by atoms with van der Waals surface area (Å²) in [4.78, 5) is 34.0. The average Bonchev–Trinajstić information content (AvgIpc) is 2.46. The van der Waals surface area contributed by atoms with E-state index in [1.807, 2.05) is 27.7 Å². The minimum atomic E-state index is -0.666. The zero-order valence-electron chi connectivity index (χ0n) is 13.8. The number of carbonyl (C=O) groups is 3. The van der Waals surface area contributed by atoms with Crippen LogP contribution in [0.25, 0.3) is 0 Å². The molecule has 0 aromatic carbocycles. The Morgan fingerprint density at radius 2 is 1.64 bits per heavy atom. The molecule has 1 atom stereocenters. The van der Waals surface area contributed by atoms with E-state index in [2.05, 4.69) is 15.4 Å². The van der Waals surface area contributed by atoms with Gasteiger partial charge >= 0.3 is 18.0 Å². The first-order chi connectivity index (χ1) is 10.3. The summed E-state index contributed by atoms with van der Waals surface area (Å²) >= 11 is 0. The first kappa shape index (κ1) is 19.9. The van der Waals surface area contributed by atoms with E-state index in [1.165, 1.54) is 7.11 Å². The van der Waals surface area contributed by atoms with Crippen molar-refractivity contribution in [3.05, 3.63) is 12.2 Å². The number of amides is 2. The van der Waals surface area contributed by atoms with Crippen LogP contribution in [0.15, 0.2) is 12.2 Å². The first-order valence-corrected chi connectivity index (χ1v) is 7.23. The lowest BCUT2D eigenvalue weighted by molar-refractivity contribution is -0.140. The Kier molecular flexibility index (Phi) is 9.65.